The van der Waals surface area contributed by atoms with Gasteiger partial charge in [-0.25, -0.2) is 12.8 Å². The molecule has 0 N–H and O–H groups in total. The van der Waals surface area contributed by atoms with Gasteiger partial charge in [0.05, 0.1) is 17.9 Å². The number of ether oxygens (including phenoxy) is 1. The van der Waals surface area contributed by atoms with Crippen LogP contribution in [0.5, 0.6) is 0 Å². The zero-order valence-corrected chi connectivity index (χ0v) is 15.4. The van der Waals surface area contributed by atoms with E-state index in [1.807, 2.05) is 30.3 Å². The number of rotatable bonds is 9. The Morgan fingerprint density at radius 1 is 1.04 bits per heavy atom. The lowest BCUT2D eigenvalue weighted by atomic mass is 10.1. The maximum Gasteiger partial charge on any atom is 0.307 e. The van der Waals surface area contributed by atoms with Gasteiger partial charge in [0.1, 0.15) is 5.82 Å². The van der Waals surface area contributed by atoms with Crippen LogP contribution in [-0.2, 0) is 26.0 Å². The van der Waals surface area contributed by atoms with Gasteiger partial charge in [-0.15, -0.1) is 0 Å². The van der Waals surface area contributed by atoms with Crippen molar-refractivity contribution in [3.05, 3.63) is 66.0 Å². The summed E-state index contributed by atoms with van der Waals surface area (Å²) < 4.78 is 45.0. The van der Waals surface area contributed by atoms with Crippen LogP contribution in [0.25, 0.3) is 0 Å². The second kappa shape index (κ2) is 9.45. The maximum absolute atomic E-state index is 13.1. The fraction of sp³-hybridized carbons (Fsp3) is 0.316. The molecule has 0 spiro atoms. The summed E-state index contributed by atoms with van der Waals surface area (Å²) in [5, 5.41) is 0. The fourth-order valence-corrected chi connectivity index (χ4v) is 3.90. The van der Waals surface area contributed by atoms with Crippen LogP contribution in [-0.4, -0.2) is 38.4 Å². The van der Waals surface area contributed by atoms with E-state index in [1.165, 1.54) is 16.4 Å². The van der Waals surface area contributed by atoms with Gasteiger partial charge in [0.25, 0.3) is 0 Å². The Kier molecular flexibility index (Phi) is 7.29. The van der Waals surface area contributed by atoms with Crippen LogP contribution in [0.4, 0.5) is 4.39 Å². The third kappa shape index (κ3) is 5.64. The predicted octanol–water partition coefficient (Wildman–Crippen LogP) is 3.01. The highest BCUT2D eigenvalue weighted by Crippen LogP contribution is 2.17. The van der Waals surface area contributed by atoms with E-state index >= 15 is 0 Å². The summed E-state index contributed by atoms with van der Waals surface area (Å²) in [6.45, 7) is 2.16. The smallest absolute Gasteiger partial charge is 0.307 e. The number of benzene rings is 2. The SMILES string of the molecule is CCOC(=O)CCN(CCc1ccccc1)S(=O)(=O)c1ccc(F)cc1. The molecule has 5 nitrogen and oxygen atoms in total. The summed E-state index contributed by atoms with van der Waals surface area (Å²) in [7, 11) is -3.84. The molecule has 0 heterocycles. The second-order valence-corrected chi connectivity index (χ2v) is 7.59. The number of nitrogens with zero attached hydrogens (tertiary/aromatic N) is 1. The van der Waals surface area contributed by atoms with E-state index in [0.29, 0.717) is 6.42 Å². The van der Waals surface area contributed by atoms with Crippen molar-refractivity contribution in [2.75, 3.05) is 19.7 Å². The first-order chi connectivity index (χ1) is 12.4. The molecule has 0 fully saturated rings. The van der Waals surface area contributed by atoms with Crippen LogP contribution < -0.4 is 0 Å². The molecule has 7 heteroatoms. The molecule has 0 bridgehead atoms. The van der Waals surface area contributed by atoms with Gasteiger partial charge in [-0.05, 0) is 43.2 Å². The Morgan fingerprint density at radius 2 is 1.69 bits per heavy atom. The normalized spacial score (nSPS) is 11.5. The van der Waals surface area contributed by atoms with Gasteiger partial charge in [0, 0.05) is 13.1 Å². The minimum atomic E-state index is -3.84. The number of hydrogen-bond donors (Lipinski definition) is 0. The second-order valence-electron chi connectivity index (χ2n) is 5.65. The molecule has 0 aromatic heterocycles. The molecule has 26 heavy (non-hydrogen) atoms. The number of carbonyl (C=O) groups excluding carboxylic acids is 1. The van der Waals surface area contributed by atoms with Gasteiger partial charge in [-0.1, -0.05) is 30.3 Å². The van der Waals surface area contributed by atoms with Crippen LogP contribution in [0.3, 0.4) is 0 Å². The molecule has 0 aliphatic rings. The van der Waals surface area contributed by atoms with E-state index in [1.54, 1.807) is 6.92 Å². The first-order valence-corrected chi connectivity index (χ1v) is 9.82. The number of halogens is 1. The van der Waals surface area contributed by atoms with Crippen molar-refractivity contribution < 1.29 is 22.3 Å². The Bertz CT molecular complexity index is 807. The molecule has 0 aliphatic heterocycles. The van der Waals surface area contributed by atoms with E-state index in [4.69, 9.17) is 4.74 Å². The van der Waals surface area contributed by atoms with Crippen LogP contribution in [0.2, 0.25) is 0 Å². The maximum atomic E-state index is 13.1. The fourth-order valence-electron chi connectivity index (χ4n) is 2.46. The molecular formula is C19H22FNO4S. The summed E-state index contributed by atoms with van der Waals surface area (Å²) in [4.78, 5) is 11.6. The van der Waals surface area contributed by atoms with Crippen molar-refractivity contribution in [2.45, 2.75) is 24.7 Å². The number of hydrogen-bond acceptors (Lipinski definition) is 4. The lowest BCUT2D eigenvalue weighted by Gasteiger charge is -2.22. The summed E-state index contributed by atoms with van der Waals surface area (Å²) >= 11 is 0. The molecule has 0 amide bonds. The average Bonchev–Trinajstić information content (AvgIpc) is 2.63. The van der Waals surface area contributed by atoms with Crippen molar-refractivity contribution in [1.82, 2.24) is 4.31 Å². The Hall–Kier alpha value is -2.25. The summed E-state index contributed by atoms with van der Waals surface area (Å²) in [6, 6.07) is 14.1. The van der Waals surface area contributed by atoms with Gasteiger partial charge in [0.15, 0.2) is 0 Å². The molecule has 0 radical (unpaired) electrons. The Morgan fingerprint density at radius 3 is 2.31 bits per heavy atom. The summed E-state index contributed by atoms with van der Waals surface area (Å²) in [5.41, 5.74) is 0.989. The summed E-state index contributed by atoms with van der Waals surface area (Å²) in [6.07, 6.45) is 0.465. The quantitative estimate of drug-likeness (QED) is 0.629. The van der Waals surface area contributed by atoms with Crippen LogP contribution in [0, 0.1) is 5.82 Å². The molecule has 0 saturated heterocycles. The highest BCUT2D eigenvalue weighted by Gasteiger charge is 2.25. The first-order valence-electron chi connectivity index (χ1n) is 8.38. The molecule has 2 rings (SSSR count). The highest BCUT2D eigenvalue weighted by molar-refractivity contribution is 7.89. The molecule has 0 saturated carbocycles. The number of carbonyl (C=O) groups is 1. The standard InChI is InChI=1S/C19H22FNO4S/c1-2-25-19(22)13-15-21(14-12-16-6-4-3-5-7-16)26(23,24)18-10-8-17(20)9-11-18/h3-11H,2,12-15H2,1H3. The lowest BCUT2D eigenvalue weighted by molar-refractivity contribution is -0.143. The van der Waals surface area contributed by atoms with Crippen molar-refractivity contribution in [3.63, 3.8) is 0 Å². The van der Waals surface area contributed by atoms with E-state index in [-0.39, 0.29) is 31.0 Å². The molecular weight excluding hydrogens is 357 g/mol. The van der Waals surface area contributed by atoms with Gasteiger partial charge < -0.3 is 4.74 Å². The Balaban J connectivity index is 2.17. The van der Waals surface area contributed by atoms with E-state index in [2.05, 4.69) is 0 Å². The van der Waals surface area contributed by atoms with Crippen molar-refractivity contribution in [2.24, 2.45) is 0 Å². The molecule has 2 aromatic carbocycles. The topological polar surface area (TPSA) is 63.7 Å². The zero-order valence-electron chi connectivity index (χ0n) is 14.6. The predicted molar refractivity (Wildman–Crippen MR) is 96.6 cm³/mol. The monoisotopic (exact) mass is 379 g/mol. The van der Waals surface area contributed by atoms with Crippen LogP contribution in [0.15, 0.2) is 59.5 Å². The van der Waals surface area contributed by atoms with Gasteiger partial charge in [-0.2, -0.15) is 4.31 Å². The lowest BCUT2D eigenvalue weighted by Crippen LogP contribution is -2.35. The summed E-state index contributed by atoms with van der Waals surface area (Å²) in [5.74, 6) is -0.960. The van der Waals surface area contributed by atoms with Gasteiger partial charge in [-0.3, -0.25) is 4.79 Å². The first kappa shape index (κ1) is 20.1. The molecule has 0 aliphatic carbocycles. The minimum absolute atomic E-state index is 0.00387. The van der Waals surface area contributed by atoms with Crippen LogP contribution >= 0.6 is 0 Å². The third-order valence-corrected chi connectivity index (χ3v) is 5.73. The van der Waals surface area contributed by atoms with E-state index in [9.17, 15) is 17.6 Å². The minimum Gasteiger partial charge on any atom is -0.466 e. The van der Waals surface area contributed by atoms with Crippen molar-refractivity contribution >= 4 is 16.0 Å². The van der Waals surface area contributed by atoms with Gasteiger partial charge in [0.2, 0.25) is 10.0 Å². The Labute approximate surface area is 153 Å². The zero-order chi connectivity index (χ0) is 19.0. The molecule has 2 aromatic rings. The highest BCUT2D eigenvalue weighted by atomic mass is 32.2. The van der Waals surface area contributed by atoms with Crippen LogP contribution in [0.1, 0.15) is 18.9 Å². The molecule has 0 atom stereocenters. The number of esters is 1. The third-order valence-electron chi connectivity index (χ3n) is 3.81. The van der Waals surface area contributed by atoms with E-state index in [0.717, 1.165) is 17.7 Å². The molecule has 0 unspecified atom stereocenters. The van der Waals surface area contributed by atoms with Gasteiger partial charge >= 0.3 is 5.97 Å². The molecule has 140 valence electrons. The largest absolute Gasteiger partial charge is 0.466 e. The van der Waals surface area contributed by atoms with Crippen molar-refractivity contribution in [3.8, 4) is 0 Å². The average molecular weight is 379 g/mol. The van der Waals surface area contributed by atoms with Crippen molar-refractivity contribution in [1.29, 1.82) is 0 Å². The van der Waals surface area contributed by atoms with E-state index < -0.39 is 21.8 Å². The number of sulfonamides is 1.